The van der Waals surface area contributed by atoms with E-state index in [0.29, 0.717) is 18.6 Å². The summed E-state index contributed by atoms with van der Waals surface area (Å²) in [6.45, 7) is 3.91. The number of methoxy groups -OCH3 is 1. The molecule has 4 amide bonds. The van der Waals surface area contributed by atoms with Crippen LogP contribution in [0.15, 0.2) is 24.3 Å². The van der Waals surface area contributed by atoms with Crippen molar-refractivity contribution in [3.8, 4) is 11.5 Å². The maximum absolute atomic E-state index is 12.4. The normalized spacial score (nSPS) is 15.6. The van der Waals surface area contributed by atoms with Gasteiger partial charge in [-0.25, -0.2) is 4.79 Å². The molecule has 8 nitrogen and oxygen atoms in total. The van der Waals surface area contributed by atoms with Crippen molar-refractivity contribution < 1.29 is 23.9 Å². The average Bonchev–Trinajstić information content (AvgIpc) is 2.90. The second-order valence-corrected chi connectivity index (χ2v) is 5.98. The lowest BCUT2D eigenvalue weighted by Gasteiger charge is -2.23. The van der Waals surface area contributed by atoms with Crippen LogP contribution in [0.5, 0.6) is 11.5 Å². The number of urea groups is 1. The Hall–Kier alpha value is -2.77. The van der Waals surface area contributed by atoms with Crippen molar-refractivity contribution in [2.45, 2.75) is 32.2 Å². The van der Waals surface area contributed by atoms with Crippen LogP contribution in [0.1, 0.15) is 26.7 Å². The van der Waals surface area contributed by atoms with Gasteiger partial charge < -0.3 is 20.1 Å². The molecule has 0 spiro atoms. The first-order valence-electron chi connectivity index (χ1n) is 8.63. The predicted molar refractivity (Wildman–Crippen MR) is 95.1 cm³/mol. The SMILES string of the molecule is CCC1(CC)NC(=O)N(CC(=O)NCCOc2ccc(OC)cc2)C1=O. The smallest absolute Gasteiger partial charge is 0.325 e. The number of carbonyl (C=O) groups is 3. The molecule has 0 aromatic heterocycles. The van der Waals surface area contributed by atoms with Gasteiger partial charge in [0.05, 0.1) is 13.7 Å². The van der Waals surface area contributed by atoms with E-state index in [9.17, 15) is 14.4 Å². The Morgan fingerprint density at radius 2 is 1.77 bits per heavy atom. The number of imide groups is 1. The first kappa shape index (κ1) is 19.6. The number of carbonyl (C=O) groups excluding carboxylic acids is 3. The zero-order chi connectivity index (χ0) is 19.2. The molecular formula is C18H25N3O5. The lowest BCUT2D eigenvalue weighted by atomic mass is 9.93. The zero-order valence-corrected chi connectivity index (χ0v) is 15.3. The van der Waals surface area contributed by atoms with Gasteiger partial charge in [0.15, 0.2) is 0 Å². The molecule has 1 saturated heterocycles. The summed E-state index contributed by atoms with van der Waals surface area (Å²) in [7, 11) is 1.59. The molecule has 0 aliphatic carbocycles. The van der Waals surface area contributed by atoms with Gasteiger partial charge in [-0.15, -0.1) is 0 Å². The highest BCUT2D eigenvalue weighted by molar-refractivity contribution is 6.08. The number of hydrogen-bond acceptors (Lipinski definition) is 5. The summed E-state index contributed by atoms with van der Waals surface area (Å²) in [6, 6.07) is 6.56. The third-order valence-corrected chi connectivity index (χ3v) is 4.51. The number of nitrogens with zero attached hydrogens (tertiary/aromatic N) is 1. The van der Waals surface area contributed by atoms with Crippen LogP contribution in [0, 0.1) is 0 Å². The minimum absolute atomic E-state index is 0.265. The number of ether oxygens (including phenoxy) is 2. The van der Waals surface area contributed by atoms with Crippen molar-refractivity contribution in [2.75, 3.05) is 26.8 Å². The third-order valence-electron chi connectivity index (χ3n) is 4.51. The van der Waals surface area contributed by atoms with Gasteiger partial charge in [0.1, 0.15) is 30.2 Å². The fourth-order valence-corrected chi connectivity index (χ4v) is 2.78. The Balaban J connectivity index is 1.76. The summed E-state index contributed by atoms with van der Waals surface area (Å²) < 4.78 is 10.6. The zero-order valence-electron chi connectivity index (χ0n) is 15.3. The standard InChI is InChI=1S/C18H25N3O5/c1-4-18(5-2)16(23)21(17(24)20-18)12-15(22)19-10-11-26-14-8-6-13(25-3)7-9-14/h6-9H,4-5,10-12H2,1-3H3,(H,19,22)(H,20,24). The van der Waals surface area contributed by atoms with E-state index in [1.165, 1.54) is 0 Å². The fourth-order valence-electron chi connectivity index (χ4n) is 2.78. The van der Waals surface area contributed by atoms with E-state index in [1.807, 2.05) is 13.8 Å². The predicted octanol–water partition coefficient (Wildman–Crippen LogP) is 1.30. The molecule has 1 aliphatic rings. The van der Waals surface area contributed by atoms with Crippen molar-refractivity contribution in [3.63, 3.8) is 0 Å². The van der Waals surface area contributed by atoms with Crippen molar-refractivity contribution in [1.82, 2.24) is 15.5 Å². The molecule has 1 heterocycles. The van der Waals surface area contributed by atoms with Crippen LogP contribution in [-0.2, 0) is 9.59 Å². The number of hydrogen-bond donors (Lipinski definition) is 2. The second kappa shape index (κ2) is 8.55. The number of benzene rings is 1. The highest BCUT2D eigenvalue weighted by Crippen LogP contribution is 2.24. The summed E-state index contributed by atoms with van der Waals surface area (Å²) in [5.74, 6) is 0.631. The lowest BCUT2D eigenvalue weighted by molar-refractivity contribution is -0.135. The third kappa shape index (κ3) is 4.25. The van der Waals surface area contributed by atoms with Gasteiger partial charge >= 0.3 is 6.03 Å². The Bertz CT molecular complexity index is 655. The molecule has 0 unspecified atom stereocenters. The molecular weight excluding hydrogens is 338 g/mol. The second-order valence-electron chi connectivity index (χ2n) is 5.98. The van der Waals surface area contributed by atoms with Gasteiger partial charge in [0.25, 0.3) is 5.91 Å². The van der Waals surface area contributed by atoms with Crippen LogP contribution in [-0.4, -0.2) is 55.1 Å². The largest absolute Gasteiger partial charge is 0.497 e. The molecule has 1 fully saturated rings. The molecule has 1 aromatic rings. The Morgan fingerprint density at radius 1 is 1.15 bits per heavy atom. The summed E-state index contributed by atoms with van der Waals surface area (Å²) in [5, 5.41) is 5.34. The first-order valence-corrected chi connectivity index (χ1v) is 8.63. The van der Waals surface area contributed by atoms with Crippen LogP contribution in [0.2, 0.25) is 0 Å². The van der Waals surface area contributed by atoms with Crippen LogP contribution >= 0.6 is 0 Å². The molecule has 2 rings (SSSR count). The molecule has 0 atom stereocenters. The molecule has 0 saturated carbocycles. The van der Waals surface area contributed by atoms with Crippen LogP contribution in [0.4, 0.5) is 4.79 Å². The van der Waals surface area contributed by atoms with Gasteiger partial charge in [-0.05, 0) is 37.1 Å². The average molecular weight is 363 g/mol. The van der Waals surface area contributed by atoms with Gasteiger partial charge in [-0.2, -0.15) is 0 Å². The Labute approximate surface area is 152 Å². The Kier molecular flexibility index (Phi) is 6.43. The molecule has 1 aliphatic heterocycles. The van der Waals surface area contributed by atoms with Gasteiger partial charge in [-0.1, -0.05) is 13.8 Å². The van der Waals surface area contributed by atoms with Crippen LogP contribution < -0.4 is 20.1 Å². The number of rotatable bonds is 9. The molecule has 142 valence electrons. The van der Waals surface area contributed by atoms with E-state index >= 15 is 0 Å². The Morgan fingerprint density at radius 3 is 2.31 bits per heavy atom. The van der Waals surface area contributed by atoms with Crippen molar-refractivity contribution >= 4 is 17.8 Å². The maximum Gasteiger partial charge on any atom is 0.325 e. The van der Waals surface area contributed by atoms with Crippen LogP contribution in [0.3, 0.4) is 0 Å². The number of nitrogens with one attached hydrogen (secondary N) is 2. The number of amides is 4. The highest BCUT2D eigenvalue weighted by Gasteiger charge is 2.49. The summed E-state index contributed by atoms with van der Waals surface area (Å²) >= 11 is 0. The minimum atomic E-state index is -0.894. The molecule has 26 heavy (non-hydrogen) atoms. The fraction of sp³-hybridized carbons (Fsp3) is 0.500. The topological polar surface area (TPSA) is 97.0 Å². The maximum atomic E-state index is 12.4. The van der Waals surface area contributed by atoms with E-state index in [-0.39, 0.29) is 25.6 Å². The molecule has 1 aromatic carbocycles. The summed E-state index contributed by atoms with van der Waals surface area (Å²) in [4.78, 5) is 37.4. The van der Waals surface area contributed by atoms with Gasteiger partial charge in [0, 0.05) is 0 Å². The van der Waals surface area contributed by atoms with E-state index in [2.05, 4.69) is 10.6 Å². The molecule has 2 N–H and O–H groups in total. The summed E-state index contributed by atoms with van der Waals surface area (Å²) in [6.07, 6.45) is 0.976. The van der Waals surface area contributed by atoms with Crippen LogP contribution in [0.25, 0.3) is 0 Å². The molecule has 0 radical (unpaired) electrons. The van der Waals surface area contributed by atoms with E-state index in [1.54, 1.807) is 31.4 Å². The first-order chi connectivity index (χ1) is 12.5. The lowest BCUT2D eigenvalue weighted by Crippen LogP contribution is -2.46. The van der Waals surface area contributed by atoms with Gasteiger partial charge in [0.2, 0.25) is 5.91 Å². The van der Waals surface area contributed by atoms with E-state index < -0.39 is 17.5 Å². The monoisotopic (exact) mass is 363 g/mol. The van der Waals surface area contributed by atoms with Crippen molar-refractivity contribution in [1.29, 1.82) is 0 Å². The molecule has 8 heteroatoms. The van der Waals surface area contributed by atoms with Gasteiger partial charge in [-0.3, -0.25) is 14.5 Å². The molecule has 0 bridgehead atoms. The highest BCUT2D eigenvalue weighted by atomic mass is 16.5. The quantitative estimate of drug-likeness (QED) is 0.509. The van der Waals surface area contributed by atoms with Crippen molar-refractivity contribution in [3.05, 3.63) is 24.3 Å². The van der Waals surface area contributed by atoms with E-state index in [4.69, 9.17) is 9.47 Å². The van der Waals surface area contributed by atoms with E-state index in [0.717, 1.165) is 10.6 Å². The minimum Gasteiger partial charge on any atom is -0.497 e. The van der Waals surface area contributed by atoms with Crippen molar-refractivity contribution in [2.24, 2.45) is 0 Å². The summed E-state index contributed by atoms with van der Waals surface area (Å²) in [5.41, 5.74) is -0.894.